The van der Waals surface area contributed by atoms with Gasteiger partial charge in [-0.2, -0.15) is 0 Å². The Balaban J connectivity index is 1.63. The highest BCUT2D eigenvalue weighted by Crippen LogP contribution is 2.35. The topological polar surface area (TPSA) is 77.3 Å². The zero-order valence-corrected chi connectivity index (χ0v) is 16.9. The standard InChI is InChI=1S/C20H16Cl2FN3O3/c1-28-17-8-13(14(23)9-24-17)20-26-16-4-2-3-15(18(16)29-20)25-19(27)10-5-11(21)7-12(22)6-10/h5-9,15H,2-4H2,1H3,(H,25,27)/t15-/m1/s1. The minimum Gasteiger partial charge on any atom is -0.481 e. The van der Waals surface area contributed by atoms with E-state index in [9.17, 15) is 9.18 Å². The first-order valence-electron chi connectivity index (χ1n) is 8.91. The monoisotopic (exact) mass is 435 g/mol. The second kappa shape index (κ2) is 8.00. The van der Waals surface area contributed by atoms with Crippen molar-refractivity contribution in [3.05, 3.63) is 63.3 Å². The van der Waals surface area contributed by atoms with E-state index in [1.807, 2.05) is 0 Å². The molecule has 0 saturated heterocycles. The van der Waals surface area contributed by atoms with Crippen molar-refractivity contribution in [2.75, 3.05) is 7.11 Å². The van der Waals surface area contributed by atoms with E-state index in [0.717, 1.165) is 12.6 Å². The van der Waals surface area contributed by atoms with Crippen molar-refractivity contribution in [1.82, 2.24) is 15.3 Å². The number of fused-ring (bicyclic) bond motifs is 1. The van der Waals surface area contributed by atoms with Crippen molar-refractivity contribution in [3.63, 3.8) is 0 Å². The molecule has 0 fully saturated rings. The molecule has 1 atom stereocenters. The third-order valence-corrected chi connectivity index (χ3v) is 5.09. The van der Waals surface area contributed by atoms with E-state index in [4.69, 9.17) is 32.4 Å². The molecule has 9 heteroatoms. The molecule has 29 heavy (non-hydrogen) atoms. The number of carbonyl (C=O) groups excluding carboxylic acids is 1. The van der Waals surface area contributed by atoms with Gasteiger partial charge >= 0.3 is 0 Å². The number of nitrogens with zero attached hydrogens (tertiary/aromatic N) is 2. The van der Waals surface area contributed by atoms with Crippen molar-refractivity contribution >= 4 is 29.1 Å². The lowest BCUT2D eigenvalue weighted by Gasteiger charge is -2.21. The molecule has 3 aromatic rings. The fourth-order valence-electron chi connectivity index (χ4n) is 3.29. The lowest BCUT2D eigenvalue weighted by atomic mass is 9.96. The van der Waals surface area contributed by atoms with Crippen LogP contribution < -0.4 is 10.1 Å². The van der Waals surface area contributed by atoms with Crippen molar-refractivity contribution in [3.8, 4) is 17.3 Å². The summed E-state index contributed by atoms with van der Waals surface area (Å²) < 4.78 is 25.2. The zero-order valence-electron chi connectivity index (χ0n) is 15.3. The Bertz CT molecular complexity index is 1070. The van der Waals surface area contributed by atoms with Gasteiger partial charge in [0.25, 0.3) is 5.91 Å². The maximum Gasteiger partial charge on any atom is 0.251 e. The average molecular weight is 436 g/mol. The number of ether oxygens (including phenoxy) is 1. The number of amides is 1. The number of benzene rings is 1. The number of oxazole rings is 1. The highest BCUT2D eigenvalue weighted by Gasteiger charge is 2.29. The minimum atomic E-state index is -0.571. The molecule has 0 bridgehead atoms. The van der Waals surface area contributed by atoms with E-state index in [0.29, 0.717) is 39.9 Å². The van der Waals surface area contributed by atoms with Crippen LogP contribution in [0, 0.1) is 5.82 Å². The highest BCUT2D eigenvalue weighted by atomic mass is 35.5. The molecule has 6 nitrogen and oxygen atoms in total. The smallest absolute Gasteiger partial charge is 0.251 e. The molecular weight excluding hydrogens is 420 g/mol. The number of aromatic nitrogens is 2. The summed E-state index contributed by atoms with van der Waals surface area (Å²) in [5, 5.41) is 3.67. The first kappa shape index (κ1) is 19.7. The van der Waals surface area contributed by atoms with Gasteiger partial charge in [0, 0.05) is 21.7 Å². The molecule has 1 amide bonds. The Morgan fingerprint density at radius 2 is 2.03 bits per heavy atom. The molecule has 2 heterocycles. The molecule has 0 radical (unpaired) electrons. The number of pyridine rings is 1. The van der Waals surface area contributed by atoms with Crippen LogP contribution in [-0.4, -0.2) is 23.0 Å². The van der Waals surface area contributed by atoms with Crippen LogP contribution in [0.25, 0.3) is 11.5 Å². The molecule has 0 saturated carbocycles. The summed E-state index contributed by atoms with van der Waals surface area (Å²) in [7, 11) is 1.44. The fourth-order valence-corrected chi connectivity index (χ4v) is 3.82. The summed E-state index contributed by atoms with van der Waals surface area (Å²) in [6.45, 7) is 0. The molecule has 1 N–H and O–H groups in total. The van der Waals surface area contributed by atoms with Gasteiger partial charge in [0.1, 0.15) is 5.76 Å². The van der Waals surface area contributed by atoms with Gasteiger partial charge in [0.15, 0.2) is 5.82 Å². The van der Waals surface area contributed by atoms with Crippen molar-refractivity contribution < 1.29 is 18.3 Å². The minimum absolute atomic E-state index is 0.125. The van der Waals surface area contributed by atoms with Crippen LogP contribution in [0.3, 0.4) is 0 Å². The Labute approximate surface area is 176 Å². The van der Waals surface area contributed by atoms with Crippen LogP contribution in [-0.2, 0) is 6.42 Å². The maximum absolute atomic E-state index is 14.2. The number of hydrogen-bond donors (Lipinski definition) is 1. The van der Waals surface area contributed by atoms with E-state index in [1.54, 1.807) is 6.07 Å². The van der Waals surface area contributed by atoms with E-state index < -0.39 is 11.9 Å². The van der Waals surface area contributed by atoms with Gasteiger partial charge in [-0.25, -0.2) is 14.4 Å². The van der Waals surface area contributed by atoms with Gasteiger partial charge in [-0.05, 0) is 37.5 Å². The van der Waals surface area contributed by atoms with E-state index in [2.05, 4.69) is 15.3 Å². The summed E-state index contributed by atoms with van der Waals surface area (Å²) in [6, 6.07) is 5.66. The number of aryl methyl sites for hydroxylation is 1. The van der Waals surface area contributed by atoms with E-state index in [-0.39, 0.29) is 23.2 Å². The number of hydrogen-bond acceptors (Lipinski definition) is 5. The number of carbonyl (C=O) groups is 1. The molecule has 1 aliphatic rings. The first-order valence-corrected chi connectivity index (χ1v) is 9.66. The number of nitrogens with one attached hydrogen (secondary N) is 1. The molecule has 1 aromatic carbocycles. The van der Waals surface area contributed by atoms with Crippen LogP contribution in [0.5, 0.6) is 5.88 Å². The molecular formula is C20H16Cl2FN3O3. The first-order chi connectivity index (χ1) is 13.9. The van der Waals surface area contributed by atoms with Gasteiger partial charge < -0.3 is 14.5 Å². The summed E-state index contributed by atoms with van der Waals surface area (Å²) in [4.78, 5) is 20.9. The van der Waals surface area contributed by atoms with E-state index in [1.165, 1.54) is 25.3 Å². The largest absolute Gasteiger partial charge is 0.481 e. The third kappa shape index (κ3) is 4.06. The maximum atomic E-state index is 14.2. The molecule has 0 aliphatic heterocycles. The molecule has 0 unspecified atom stereocenters. The molecule has 1 aliphatic carbocycles. The Morgan fingerprint density at radius 3 is 2.76 bits per heavy atom. The second-order valence-electron chi connectivity index (χ2n) is 6.61. The number of rotatable bonds is 4. The van der Waals surface area contributed by atoms with Gasteiger partial charge in [0.2, 0.25) is 11.8 Å². The normalized spacial score (nSPS) is 15.7. The Hall–Kier alpha value is -2.64. The van der Waals surface area contributed by atoms with Crippen molar-refractivity contribution in [1.29, 1.82) is 0 Å². The van der Waals surface area contributed by atoms with Gasteiger partial charge in [-0.15, -0.1) is 0 Å². The summed E-state index contributed by atoms with van der Waals surface area (Å²) >= 11 is 12.0. The van der Waals surface area contributed by atoms with Gasteiger partial charge in [-0.3, -0.25) is 4.79 Å². The zero-order chi connectivity index (χ0) is 20.5. The SMILES string of the molecule is COc1cc(-c2nc3c(o2)[C@H](NC(=O)c2cc(Cl)cc(Cl)c2)CCC3)c(F)cn1. The summed E-state index contributed by atoms with van der Waals surface area (Å²) in [6.07, 6.45) is 3.21. The summed E-state index contributed by atoms with van der Waals surface area (Å²) in [5.41, 5.74) is 1.19. The number of halogens is 3. The predicted octanol–water partition coefficient (Wildman–Crippen LogP) is 5.00. The Morgan fingerprint density at radius 1 is 1.28 bits per heavy atom. The highest BCUT2D eigenvalue weighted by molar-refractivity contribution is 6.35. The van der Waals surface area contributed by atoms with Gasteiger partial charge in [-0.1, -0.05) is 23.2 Å². The fraction of sp³-hybridized carbons (Fsp3) is 0.250. The average Bonchev–Trinajstić information content (AvgIpc) is 3.12. The second-order valence-corrected chi connectivity index (χ2v) is 7.49. The van der Waals surface area contributed by atoms with E-state index >= 15 is 0 Å². The Kier molecular flexibility index (Phi) is 5.43. The molecule has 2 aromatic heterocycles. The van der Waals surface area contributed by atoms with Crippen LogP contribution in [0.15, 0.2) is 34.9 Å². The molecule has 4 rings (SSSR count). The van der Waals surface area contributed by atoms with Crippen LogP contribution in [0.1, 0.15) is 40.7 Å². The predicted molar refractivity (Wildman–Crippen MR) is 106 cm³/mol. The van der Waals surface area contributed by atoms with Gasteiger partial charge in [0.05, 0.1) is 30.6 Å². The van der Waals surface area contributed by atoms with Crippen LogP contribution >= 0.6 is 23.2 Å². The molecule has 0 spiro atoms. The lowest BCUT2D eigenvalue weighted by molar-refractivity contribution is 0.0927. The van der Waals surface area contributed by atoms with Crippen LogP contribution in [0.2, 0.25) is 10.0 Å². The third-order valence-electron chi connectivity index (χ3n) is 4.65. The number of methoxy groups -OCH3 is 1. The van der Waals surface area contributed by atoms with Crippen molar-refractivity contribution in [2.24, 2.45) is 0 Å². The van der Waals surface area contributed by atoms with Crippen molar-refractivity contribution in [2.45, 2.75) is 25.3 Å². The molecule has 150 valence electrons. The summed E-state index contributed by atoms with van der Waals surface area (Å²) in [5.74, 6) is -0.0103. The quantitative estimate of drug-likeness (QED) is 0.623. The lowest BCUT2D eigenvalue weighted by Crippen LogP contribution is -2.30. The van der Waals surface area contributed by atoms with Crippen LogP contribution in [0.4, 0.5) is 4.39 Å².